The Morgan fingerprint density at radius 2 is 0.969 bits per heavy atom. The largest absolute Gasteiger partial charge is 0.436 e. The molecule has 10 heterocycles. The fourth-order valence-electron chi connectivity index (χ4n) is 16.3. The number of benzene rings is 4. The molecule has 7 aliphatic rings. The number of aromatic amines is 3. The van der Waals surface area contributed by atoms with Gasteiger partial charge in [-0.15, -0.1) is 0 Å². The van der Waals surface area contributed by atoms with E-state index in [4.69, 9.17) is 18.3 Å². The number of amides is 6. The standard InChI is InChI=1S/C37H46N6O6.C35H44N6O6/c1-24-20-25(21-31-33(24)39-36(46)48-31)22-32(34(44)41-16-10-27(11-17-41)26-8-14-40(2)15-9-26)49-37(47)42-18-12-29(13-19-42)43-23-30(38-35(43)45)28-6-4-3-5-7-28;1-22-19-23(20-28-30(22)37-33(44)46-28)21-29(31(42)40-15-9-25(10-16-40)24-7-13-39(2)14-8-24)47-34(45)41-17-11-35(12-18-41)26-5-3-4-6-27(26)36-32(43)38-35/h3-7,20-21,23,26-27,29,32H,8-19,22H2,1-2H3,(H,38,45)(H,39,46);3-6,19-20,24-25,29H,7-18,21H2,1-2H3,(H,37,44)(H2,36,38,43). The van der Waals surface area contributed by atoms with Crippen LogP contribution in [0.1, 0.15) is 111 Å². The maximum absolute atomic E-state index is 14.1. The lowest BCUT2D eigenvalue weighted by Gasteiger charge is -2.45. The van der Waals surface area contributed by atoms with Gasteiger partial charge in [-0.2, -0.15) is 0 Å². The summed E-state index contributed by atoms with van der Waals surface area (Å²) in [5, 5.41) is 5.98. The van der Waals surface area contributed by atoms with Crippen molar-refractivity contribution in [2.75, 3.05) is 97.9 Å². The van der Waals surface area contributed by atoms with E-state index in [1.54, 1.807) is 26.5 Å². The van der Waals surface area contributed by atoms with Crippen LogP contribution in [0.2, 0.25) is 0 Å². The molecule has 6 amide bonds. The van der Waals surface area contributed by atoms with E-state index in [1.165, 1.54) is 25.7 Å². The molecule has 7 aromatic rings. The average Bonchev–Trinajstić information content (AvgIpc) is 1.02. The Hall–Kier alpha value is -8.90. The molecule has 6 fully saturated rings. The third-order valence-electron chi connectivity index (χ3n) is 21.9. The molecule has 1 spiro atoms. The van der Waals surface area contributed by atoms with Crippen LogP contribution >= 0.6 is 0 Å². The summed E-state index contributed by atoms with van der Waals surface area (Å²) in [6, 6.07) is 24.4. The van der Waals surface area contributed by atoms with Gasteiger partial charge in [0.05, 0.1) is 22.3 Å². The van der Waals surface area contributed by atoms with E-state index in [2.05, 4.69) is 49.5 Å². The van der Waals surface area contributed by atoms with E-state index in [9.17, 15) is 38.4 Å². The zero-order valence-electron chi connectivity index (χ0n) is 55.5. The minimum absolute atomic E-state index is 0.0562. The number of fused-ring (bicyclic) bond motifs is 4. The second-order valence-corrected chi connectivity index (χ2v) is 28.0. The normalized spacial score (nSPS) is 20.3. The average molecular weight is 1320 g/mol. The molecule has 14 rings (SSSR count). The van der Waals surface area contributed by atoms with E-state index >= 15 is 0 Å². The van der Waals surface area contributed by atoms with Crippen molar-refractivity contribution in [3.63, 3.8) is 0 Å². The second kappa shape index (κ2) is 28.4. The number of carbonyl (C=O) groups excluding carboxylic acids is 5. The number of oxazole rings is 2. The molecule has 5 N–H and O–H groups in total. The monoisotopic (exact) mass is 1310 g/mol. The number of piperidine rings is 6. The van der Waals surface area contributed by atoms with Crippen LogP contribution in [0.25, 0.3) is 33.5 Å². The topological polar surface area (TPSA) is 277 Å². The number of urea groups is 1. The van der Waals surface area contributed by atoms with Crippen LogP contribution < -0.4 is 27.8 Å². The number of carbonyl (C=O) groups is 5. The zero-order chi connectivity index (χ0) is 66.8. The molecule has 6 saturated heterocycles. The summed E-state index contributed by atoms with van der Waals surface area (Å²) in [6.07, 6.45) is 9.94. The summed E-state index contributed by atoms with van der Waals surface area (Å²) in [5.41, 5.74) is 7.91. The summed E-state index contributed by atoms with van der Waals surface area (Å²) in [5.74, 6) is 1.15. The lowest BCUT2D eigenvalue weighted by molar-refractivity contribution is -0.143. The minimum Gasteiger partial charge on any atom is -0.436 e. The van der Waals surface area contributed by atoms with Crippen molar-refractivity contribution in [2.45, 2.75) is 128 Å². The van der Waals surface area contributed by atoms with Crippen molar-refractivity contribution in [1.29, 1.82) is 0 Å². The van der Waals surface area contributed by atoms with Crippen LogP contribution in [0.15, 0.2) is 108 Å². The Bertz CT molecular complexity index is 4120. The van der Waals surface area contributed by atoms with Crippen LogP contribution in [0.4, 0.5) is 20.1 Å². The maximum Gasteiger partial charge on any atom is 0.417 e. The van der Waals surface area contributed by atoms with Crippen molar-refractivity contribution >= 4 is 57.9 Å². The van der Waals surface area contributed by atoms with Crippen LogP contribution in [0.5, 0.6) is 0 Å². The number of hydrogen-bond donors (Lipinski definition) is 5. The molecule has 0 saturated carbocycles. The lowest BCUT2D eigenvalue weighted by Crippen LogP contribution is -2.58. The fraction of sp³-hybridized carbons (Fsp3) is 0.528. The zero-order valence-corrected chi connectivity index (χ0v) is 55.5. The fourth-order valence-corrected chi connectivity index (χ4v) is 16.3. The Morgan fingerprint density at radius 1 is 0.531 bits per heavy atom. The van der Waals surface area contributed by atoms with Crippen molar-refractivity contribution in [2.24, 2.45) is 23.7 Å². The quantitative estimate of drug-likeness (QED) is 0.0765. The number of imidazole rings is 1. The lowest BCUT2D eigenvalue weighted by atomic mass is 9.79. The number of likely N-dealkylation sites (tertiary alicyclic amines) is 6. The molecule has 7 aliphatic heterocycles. The van der Waals surface area contributed by atoms with Gasteiger partial charge in [-0.25, -0.2) is 28.8 Å². The molecule has 4 aromatic carbocycles. The molecular formula is C72H90N12O12. The first-order valence-electron chi connectivity index (χ1n) is 34.5. The van der Waals surface area contributed by atoms with E-state index in [1.807, 2.05) is 96.6 Å². The molecule has 24 nitrogen and oxygen atoms in total. The summed E-state index contributed by atoms with van der Waals surface area (Å²) < 4.78 is 24.5. The first-order chi connectivity index (χ1) is 46.4. The maximum atomic E-state index is 14.1. The Kier molecular flexibility index (Phi) is 19.5. The molecule has 3 aromatic heterocycles. The predicted octanol–water partition coefficient (Wildman–Crippen LogP) is 8.74. The van der Waals surface area contributed by atoms with Crippen LogP contribution in [-0.2, 0) is 37.4 Å². The number of nitrogens with zero attached hydrogens (tertiary/aromatic N) is 7. The van der Waals surface area contributed by atoms with Crippen LogP contribution in [-0.4, -0.2) is 184 Å². The molecule has 510 valence electrons. The number of hydrogen-bond acceptors (Lipinski definition) is 14. The van der Waals surface area contributed by atoms with Crippen LogP contribution in [0, 0.1) is 37.5 Å². The number of nitrogens with one attached hydrogen (secondary N) is 5. The van der Waals surface area contributed by atoms with Crippen molar-refractivity contribution in [1.82, 2.24) is 54.2 Å². The summed E-state index contributed by atoms with van der Waals surface area (Å²) >= 11 is 0. The van der Waals surface area contributed by atoms with E-state index < -0.39 is 41.4 Å². The van der Waals surface area contributed by atoms with E-state index in [0.29, 0.717) is 124 Å². The summed E-state index contributed by atoms with van der Waals surface area (Å²) in [7, 11) is 4.35. The second-order valence-electron chi connectivity index (χ2n) is 28.0. The molecule has 2 atom stereocenters. The number of rotatable bonds is 12. The first-order valence-corrected chi connectivity index (χ1v) is 34.5. The molecule has 0 bridgehead atoms. The molecule has 0 radical (unpaired) electrons. The molecular weight excluding hydrogens is 1220 g/mol. The van der Waals surface area contributed by atoms with Gasteiger partial charge in [0.15, 0.2) is 23.4 Å². The minimum atomic E-state index is -1.03. The number of H-pyrrole nitrogens is 3. The van der Waals surface area contributed by atoms with Gasteiger partial charge in [0.25, 0.3) is 11.8 Å². The van der Waals surface area contributed by atoms with Gasteiger partial charge in [-0.05, 0) is 201 Å². The number of aryl methyl sites for hydroxylation is 2. The Balaban J connectivity index is 0.000000174. The molecule has 24 heteroatoms. The Morgan fingerprint density at radius 3 is 1.46 bits per heavy atom. The van der Waals surface area contributed by atoms with E-state index in [-0.39, 0.29) is 42.4 Å². The van der Waals surface area contributed by atoms with Gasteiger partial charge in [-0.1, -0.05) is 60.7 Å². The van der Waals surface area contributed by atoms with Gasteiger partial charge >= 0.3 is 35.4 Å². The van der Waals surface area contributed by atoms with Gasteiger partial charge < -0.3 is 63.3 Å². The highest BCUT2D eigenvalue weighted by Crippen LogP contribution is 2.41. The highest BCUT2D eigenvalue weighted by atomic mass is 16.6. The van der Waals surface area contributed by atoms with Gasteiger partial charge in [0.1, 0.15) is 0 Å². The van der Waals surface area contributed by atoms with Crippen molar-refractivity contribution in [3.05, 3.63) is 144 Å². The predicted molar refractivity (Wildman–Crippen MR) is 362 cm³/mol. The third kappa shape index (κ3) is 14.6. The summed E-state index contributed by atoms with van der Waals surface area (Å²) in [6.45, 7) is 12.4. The summed E-state index contributed by atoms with van der Waals surface area (Å²) in [4.78, 5) is 125. The van der Waals surface area contributed by atoms with E-state index in [0.717, 1.165) is 96.6 Å². The highest BCUT2D eigenvalue weighted by Gasteiger charge is 2.44. The van der Waals surface area contributed by atoms with Gasteiger partial charge in [0, 0.05) is 88.7 Å². The number of ether oxygens (including phenoxy) is 2. The Labute approximate surface area is 557 Å². The molecule has 0 aliphatic carbocycles. The molecule has 2 unspecified atom stereocenters. The molecule has 96 heavy (non-hydrogen) atoms. The van der Waals surface area contributed by atoms with Crippen LogP contribution in [0.3, 0.4) is 0 Å². The van der Waals surface area contributed by atoms with Gasteiger partial charge in [-0.3, -0.25) is 24.1 Å². The highest BCUT2D eigenvalue weighted by molar-refractivity contribution is 5.94. The number of para-hydroxylation sites is 1. The number of anilines is 1. The third-order valence-corrected chi connectivity index (χ3v) is 21.9. The smallest absolute Gasteiger partial charge is 0.417 e. The van der Waals surface area contributed by atoms with Gasteiger partial charge in [0.2, 0.25) is 0 Å². The number of aromatic nitrogens is 4. The SMILES string of the molecule is Cc1cc(CC(OC(=O)N2CCC(n3cc(-c4ccccc4)[nH]c3=O)CC2)C(=O)N2CCC(C3CCN(C)CC3)CC2)cc2oc(=O)[nH]c12.Cc1cc(CC(OC(=O)N2CCC3(CC2)NC(=O)Nc2ccccc23)C(=O)N2CCC(C3CCN(C)CC3)CC2)cc2oc(=O)[nH]c12. The van der Waals surface area contributed by atoms with Crippen molar-refractivity contribution in [3.8, 4) is 11.3 Å². The first kappa shape index (κ1) is 65.7. The van der Waals surface area contributed by atoms with Crippen molar-refractivity contribution < 1.29 is 42.3 Å².